The second-order valence-corrected chi connectivity index (χ2v) is 7.14. The van der Waals surface area contributed by atoms with Gasteiger partial charge in [0.15, 0.2) is 0 Å². The van der Waals surface area contributed by atoms with Crippen molar-refractivity contribution in [1.82, 2.24) is 0 Å². The lowest BCUT2D eigenvalue weighted by Gasteiger charge is -2.34. The molecule has 0 unspecified atom stereocenters. The molecule has 18 heavy (non-hydrogen) atoms. The van der Waals surface area contributed by atoms with Crippen LogP contribution in [0.25, 0.3) is 0 Å². The first-order valence-electron chi connectivity index (χ1n) is 5.87. The minimum atomic E-state index is -3.26. The van der Waals surface area contributed by atoms with Gasteiger partial charge >= 0.3 is 0 Å². The molecule has 0 spiro atoms. The summed E-state index contributed by atoms with van der Waals surface area (Å²) in [6.45, 7) is 2.21. The molecule has 1 fully saturated rings. The van der Waals surface area contributed by atoms with Crippen molar-refractivity contribution in [3.8, 4) is 0 Å². The summed E-state index contributed by atoms with van der Waals surface area (Å²) in [6, 6.07) is 5.51. The van der Waals surface area contributed by atoms with Gasteiger partial charge < -0.3 is 5.32 Å². The molecule has 100 valence electrons. The van der Waals surface area contributed by atoms with Crippen molar-refractivity contribution in [3.05, 3.63) is 23.2 Å². The van der Waals surface area contributed by atoms with Gasteiger partial charge in [-0.1, -0.05) is 18.5 Å². The Kier molecular flexibility index (Phi) is 3.73. The summed E-state index contributed by atoms with van der Waals surface area (Å²) in [6.07, 6.45) is 3.38. The molecule has 2 rings (SSSR count). The van der Waals surface area contributed by atoms with E-state index >= 15 is 0 Å². The molecule has 0 aromatic heterocycles. The third-order valence-electron chi connectivity index (χ3n) is 3.00. The standard InChI is InChI=1S/C12H17ClN2O2S/c1-8-5-10(6-8)14-12-7-9(3-4-11(12)13)15-18(2,16)17/h3-4,7-8,10,14-15H,5-6H2,1-2H3. The molecular weight excluding hydrogens is 272 g/mol. The number of benzene rings is 1. The average molecular weight is 289 g/mol. The van der Waals surface area contributed by atoms with Crippen molar-refractivity contribution in [1.29, 1.82) is 0 Å². The first-order valence-corrected chi connectivity index (χ1v) is 8.14. The van der Waals surface area contributed by atoms with Gasteiger partial charge in [0, 0.05) is 6.04 Å². The van der Waals surface area contributed by atoms with Crippen molar-refractivity contribution >= 4 is 33.0 Å². The van der Waals surface area contributed by atoms with Crippen LogP contribution in [0, 0.1) is 5.92 Å². The quantitative estimate of drug-likeness (QED) is 0.895. The molecule has 1 aliphatic carbocycles. The van der Waals surface area contributed by atoms with Gasteiger partial charge in [0.05, 0.1) is 22.7 Å². The van der Waals surface area contributed by atoms with Crippen LogP contribution in [-0.2, 0) is 10.0 Å². The van der Waals surface area contributed by atoms with E-state index in [1.807, 2.05) is 0 Å². The minimum Gasteiger partial charge on any atom is -0.381 e. The maximum atomic E-state index is 11.2. The Morgan fingerprint density at radius 1 is 1.33 bits per heavy atom. The van der Waals surface area contributed by atoms with Crippen LogP contribution in [0.5, 0.6) is 0 Å². The van der Waals surface area contributed by atoms with Gasteiger partial charge in [0.1, 0.15) is 0 Å². The molecule has 1 aromatic rings. The third kappa shape index (κ3) is 3.53. The highest BCUT2D eigenvalue weighted by Crippen LogP contribution is 2.33. The van der Waals surface area contributed by atoms with Gasteiger partial charge in [0.2, 0.25) is 10.0 Å². The maximum absolute atomic E-state index is 11.2. The van der Waals surface area contributed by atoms with Crippen molar-refractivity contribution in [2.45, 2.75) is 25.8 Å². The van der Waals surface area contributed by atoms with Crippen LogP contribution in [0.3, 0.4) is 0 Å². The van der Waals surface area contributed by atoms with Gasteiger partial charge in [-0.25, -0.2) is 8.42 Å². The van der Waals surface area contributed by atoms with Gasteiger partial charge in [-0.3, -0.25) is 4.72 Å². The van der Waals surface area contributed by atoms with Crippen molar-refractivity contribution in [3.63, 3.8) is 0 Å². The molecule has 0 aliphatic heterocycles. The Hall–Kier alpha value is -0.940. The highest BCUT2D eigenvalue weighted by Gasteiger charge is 2.25. The zero-order valence-electron chi connectivity index (χ0n) is 10.4. The van der Waals surface area contributed by atoms with Crippen LogP contribution in [0.1, 0.15) is 19.8 Å². The number of hydrogen-bond donors (Lipinski definition) is 2. The molecule has 2 N–H and O–H groups in total. The summed E-state index contributed by atoms with van der Waals surface area (Å²) in [5.41, 5.74) is 1.30. The van der Waals surface area contributed by atoms with E-state index in [1.165, 1.54) is 0 Å². The van der Waals surface area contributed by atoms with Crippen LogP contribution in [0.15, 0.2) is 18.2 Å². The summed E-state index contributed by atoms with van der Waals surface area (Å²) < 4.78 is 24.8. The SMILES string of the molecule is CC1CC(Nc2cc(NS(C)(=O)=O)ccc2Cl)C1. The van der Waals surface area contributed by atoms with E-state index in [-0.39, 0.29) is 0 Å². The molecule has 1 aliphatic rings. The van der Waals surface area contributed by atoms with Gasteiger partial charge in [-0.2, -0.15) is 0 Å². The second-order valence-electron chi connectivity index (χ2n) is 4.99. The van der Waals surface area contributed by atoms with Crippen LogP contribution >= 0.6 is 11.6 Å². The highest BCUT2D eigenvalue weighted by atomic mass is 35.5. The number of anilines is 2. The maximum Gasteiger partial charge on any atom is 0.229 e. The van der Waals surface area contributed by atoms with Crippen LogP contribution in [0.4, 0.5) is 11.4 Å². The molecule has 4 nitrogen and oxygen atoms in total. The Balaban J connectivity index is 2.11. The molecule has 0 radical (unpaired) electrons. The van der Waals surface area contributed by atoms with Gasteiger partial charge in [-0.05, 0) is 37.0 Å². The lowest BCUT2D eigenvalue weighted by atomic mass is 9.82. The predicted octanol–water partition coefficient (Wildman–Crippen LogP) is 2.92. The first kappa shape index (κ1) is 13.5. The fourth-order valence-electron chi connectivity index (χ4n) is 2.15. The summed E-state index contributed by atoms with van der Waals surface area (Å²) in [7, 11) is -3.26. The number of rotatable bonds is 4. The van der Waals surface area contributed by atoms with E-state index in [9.17, 15) is 8.42 Å². The molecule has 0 amide bonds. The number of nitrogens with one attached hydrogen (secondary N) is 2. The smallest absolute Gasteiger partial charge is 0.229 e. The predicted molar refractivity (Wildman–Crippen MR) is 75.7 cm³/mol. The molecule has 0 saturated heterocycles. The third-order valence-corrected chi connectivity index (χ3v) is 3.94. The van der Waals surface area contributed by atoms with Crippen LogP contribution < -0.4 is 10.0 Å². The zero-order chi connectivity index (χ0) is 13.3. The van der Waals surface area contributed by atoms with Crippen molar-refractivity contribution in [2.24, 2.45) is 5.92 Å². The Morgan fingerprint density at radius 3 is 2.56 bits per heavy atom. The van der Waals surface area contributed by atoms with E-state index in [2.05, 4.69) is 17.0 Å². The number of hydrogen-bond acceptors (Lipinski definition) is 3. The highest BCUT2D eigenvalue weighted by molar-refractivity contribution is 7.92. The average Bonchev–Trinajstić information content (AvgIpc) is 2.18. The normalized spacial score (nSPS) is 23.3. The van der Waals surface area contributed by atoms with E-state index in [1.54, 1.807) is 18.2 Å². The second kappa shape index (κ2) is 4.97. The summed E-state index contributed by atoms with van der Waals surface area (Å²) in [4.78, 5) is 0. The Labute approximate surface area is 113 Å². The molecule has 0 atom stereocenters. The van der Waals surface area contributed by atoms with Crippen molar-refractivity contribution in [2.75, 3.05) is 16.3 Å². The van der Waals surface area contributed by atoms with E-state index in [4.69, 9.17) is 11.6 Å². The zero-order valence-corrected chi connectivity index (χ0v) is 12.0. The first-order chi connectivity index (χ1) is 8.33. The van der Waals surface area contributed by atoms with E-state index in [0.29, 0.717) is 16.8 Å². The molecule has 0 heterocycles. The molecule has 6 heteroatoms. The monoisotopic (exact) mass is 288 g/mol. The molecule has 0 bridgehead atoms. The van der Waals surface area contributed by atoms with Crippen LogP contribution in [-0.4, -0.2) is 20.7 Å². The minimum absolute atomic E-state index is 0.436. The molecule has 1 aromatic carbocycles. The fraction of sp³-hybridized carbons (Fsp3) is 0.500. The van der Waals surface area contributed by atoms with Crippen molar-refractivity contribution < 1.29 is 8.42 Å². The topological polar surface area (TPSA) is 58.2 Å². The van der Waals surface area contributed by atoms with E-state index < -0.39 is 10.0 Å². The molecular formula is C12H17ClN2O2S. The Morgan fingerprint density at radius 2 is 2.00 bits per heavy atom. The molecule has 1 saturated carbocycles. The van der Waals surface area contributed by atoms with E-state index in [0.717, 1.165) is 30.7 Å². The van der Waals surface area contributed by atoms with Gasteiger partial charge in [-0.15, -0.1) is 0 Å². The fourth-order valence-corrected chi connectivity index (χ4v) is 2.88. The summed E-state index contributed by atoms with van der Waals surface area (Å²) in [5, 5.41) is 3.94. The van der Waals surface area contributed by atoms with Crippen LogP contribution in [0.2, 0.25) is 5.02 Å². The lowest BCUT2D eigenvalue weighted by Crippen LogP contribution is -2.33. The summed E-state index contributed by atoms with van der Waals surface area (Å²) >= 11 is 6.09. The largest absolute Gasteiger partial charge is 0.381 e. The Bertz CT molecular complexity index is 539. The number of sulfonamides is 1. The van der Waals surface area contributed by atoms with Gasteiger partial charge in [0.25, 0.3) is 0 Å². The lowest BCUT2D eigenvalue weighted by molar-refractivity contribution is 0.309. The number of halogens is 1. The summed E-state index contributed by atoms with van der Waals surface area (Å²) in [5.74, 6) is 0.749.